The fourth-order valence-electron chi connectivity index (χ4n) is 3.68. The maximum Gasteiger partial charge on any atom is 0.321 e. The summed E-state index contributed by atoms with van der Waals surface area (Å²) in [4.78, 5) is 32.3. The minimum absolute atomic E-state index is 0.141. The third-order valence-corrected chi connectivity index (χ3v) is 5.42. The van der Waals surface area contributed by atoms with Gasteiger partial charge in [0.1, 0.15) is 5.56 Å². The lowest BCUT2D eigenvalue weighted by molar-refractivity contribution is 0.0340. The zero-order valence-electron chi connectivity index (χ0n) is 16.4. The molecule has 2 fully saturated rings. The van der Waals surface area contributed by atoms with Gasteiger partial charge < -0.3 is 25.4 Å². The summed E-state index contributed by atoms with van der Waals surface area (Å²) in [5.74, 6) is 0.143. The lowest BCUT2D eigenvalue weighted by Crippen LogP contribution is -2.42. The summed E-state index contributed by atoms with van der Waals surface area (Å²) < 4.78 is 10.4. The third-order valence-electron chi connectivity index (χ3n) is 5.42. The van der Waals surface area contributed by atoms with Crippen LogP contribution in [0, 0.1) is 5.92 Å². The molecule has 1 aromatic heterocycles. The van der Waals surface area contributed by atoms with E-state index < -0.39 is 5.91 Å². The van der Waals surface area contributed by atoms with Crippen LogP contribution in [0.1, 0.15) is 29.6 Å². The number of nitrogens with two attached hydrogens (primary N) is 1. The molecule has 9 nitrogen and oxygen atoms in total. The highest BCUT2D eigenvalue weighted by Crippen LogP contribution is 2.23. The van der Waals surface area contributed by atoms with Crippen molar-refractivity contribution in [3.63, 3.8) is 0 Å². The van der Waals surface area contributed by atoms with Gasteiger partial charge in [-0.05, 0) is 37.8 Å². The fraction of sp³-hybridized carbons (Fsp3) is 0.632. The topological polar surface area (TPSA) is 110 Å². The quantitative estimate of drug-likeness (QED) is 0.753. The number of amides is 3. The number of carbonyl (C=O) groups excluding carboxylic acids is 2. The number of nitrogens with zero attached hydrogens (tertiary/aromatic N) is 3. The Bertz CT molecular complexity index is 685. The van der Waals surface area contributed by atoms with Crippen LogP contribution >= 0.6 is 0 Å². The number of anilines is 1. The Labute approximate surface area is 165 Å². The molecule has 0 aromatic carbocycles. The van der Waals surface area contributed by atoms with Gasteiger partial charge in [-0.2, -0.15) is 0 Å². The van der Waals surface area contributed by atoms with Crippen molar-refractivity contribution in [1.29, 1.82) is 0 Å². The minimum atomic E-state index is -0.651. The standard InChI is InChI=1S/C19H29N5O4/c1-27-18-16(17(20)25)12-15(13-21-18)22-19(26)24-6-3-14(4-7-24)2-5-23-8-10-28-11-9-23/h12-14H,2-11H2,1H3,(H2,20,25)(H,22,26). The number of piperidine rings is 1. The first kappa shape index (κ1) is 20.3. The van der Waals surface area contributed by atoms with Gasteiger partial charge >= 0.3 is 6.03 Å². The van der Waals surface area contributed by atoms with Crippen LogP contribution in [-0.4, -0.2) is 79.8 Å². The highest BCUT2D eigenvalue weighted by molar-refractivity contribution is 5.97. The number of morpholine rings is 1. The van der Waals surface area contributed by atoms with E-state index in [0.717, 1.165) is 58.8 Å². The molecule has 3 N–H and O–H groups in total. The average Bonchev–Trinajstić information content (AvgIpc) is 2.73. The number of hydrogen-bond acceptors (Lipinski definition) is 6. The predicted octanol–water partition coefficient (Wildman–Crippen LogP) is 1.16. The molecule has 28 heavy (non-hydrogen) atoms. The SMILES string of the molecule is COc1ncc(NC(=O)N2CCC(CCN3CCOCC3)CC2)cc1C(N)=O. The van der Waals surface area contributed by atoms with Crippen molar-refractivity contribution in [3.8, 4) is 5.88 Å². The number of ether oxygens (including phenoxy) is 2. The van der Waals surface area contributed by atoms with Crippen molar-refractivity contribution in [1.82, 2.24) is 14.8 Å². The summed E-state index contributed by atoms with van der Waals surface area (Å²) in [6.45, 7) is 6.26. The van der Waals surface area contributed by atoms with Gasteiger partial charge in [-0.3, -0.25) is 9.69 Å². The number of nitrogens with one attached hydrogen (secondary N) is 1. The van der Waals surface area contributed by atoms with Crippen molar-refractivity contribution in [2.75, 3.05) is 58.4 Å². The van der Waals surface area contributed by atoms with Gasteiger partial charge in [-0.25, -0.2) is 9.78 Å². The molecule has 2 saturated heterocycles. The molecule has 0 atom stereocenters. The number of likely N-dealkylation sites (tertiary alicyclic amines) is 1. The number of pyridine rings is 1. The summed E-state index contributed by atoms with van der Waals surface area (Å²) in [7, 11) is 1.41. The van der Waals surface area contributed by atoms with E-state index in [9.17, 15) is 9.59 Å². The van der Waals surface area contributed by atoms with Crippen molar-refractivity contribution in [2.45, 2.75) is 19.3 Å². The Balaban J connectivity index is 1.46. The Morgan fingerprint density at radius 1 is 1.29 bits per heavy atom. The lowest BCUT2D eigenvalue weighted by atomic mass is 9.93. The molecular formula is C19H29N5O4. The highest BCUT2D eigenvalue weighted by Gasteiger charge is 2.24. The molecule has 3 amide bonds. The summed E-state index contributed by atoms with van der Waals surface area (Å²) in [6.07, 6.45) is 4.63. The van der Waals surface area contributed by atoms with E-state index in [1.54, 1.807) is 4.90 Å². The monoisotopic (exact) mass is 391 g/mol. The van der Waals surface area contributed by atoms with Gasteiger partial charge in [-0.1, -0.05) is 0 Å². The van der Waals surface area contributed by atoms with E-state index in [2.05, 4.69) is 15.2 Å². The van der Waals surface area contributed by atoms with Gasteiger partial charge in [0.2, 0.25) is 5.88 Å². The van der Waals surface area contributed by atoms with Crippen LogP contribution in [0.4, 0.5) is 10.5 Å². The molecule has 154 valence electrons. The van der Waals surface area contributed by atoms with Gasteiger partial charge in [0.25, 0.3) is 5.91 Å². The van der Waals surface area contributed by atoms with E-state index in [4.69, 9.17) is 15.2 Å². The first-order chi connectivity index (χ1) is 13.6. The zero-order valence-corrected chi connectivity index (χ0v) is 16.4. The minimum Gasteiger partial charge on any atom is -0.480 e. The van der Waals surface area contributed by atoms with Crippen molar-refractivity contribution in [3.05, 3.63) is 17.8 Å². The fourth-order valence-corrected chi connectivity index (χ4v) is 3.68. The normalized spacial score (nSPS) is 18.7. The largest absolute Gasteiger partial charge is 0.480 e. The second-order valence-electron chi connectivity index (χ2n) is 7.25. The number of aromatic nitrogens is 1. The van der Waals surface area contributed by atoms with Gasteiger partial charge in [0.05, 0.1) is 32.2 Å². The van der Waals surface area contributed by atoms with Crippen molar-refractivity contribution in [2.24, 2.45) is 11.7 Å². The van der Waals surface area contributed by atoms with E-state index in [1.165, 1.54) is 25.8 Å². The molecule has 0 saturated carbocycles. The number of methoxy groups -OCH3 is 1. The van der Waals surface area contributed by atoms with Crippen molar-refractivity contribution < 1.29 is 19.1 Å². The maximum absolute atomic E-state index is 12.5. The Morgan fingerprint density at radius 2 is 2.00 bits per heavy atom. The van der Waals surface area contributed by atoms with Crippen LogP contribution in [0.5, 0.6) is 5.88 Å². The molecule has 1 aromatic rings. The molecule has 2 aliphatic heterocycles. The summed E-state index contributed by atoms with van der Waals surface area (Å²) in [5.41, 5.74) is 5.90. The second-order valence-corrected chi connectivity index (χ2v) is 7.25. The molecule has 2 aliphatic rings. The molecule has 0 aliphatic carbocycles. The van der Waals surface area contributed by atoms with Crippen LogP contribution < -0.4 is 15.8 Å². The van der Waals surface area contributed by atoms with Crippen LogP contribution in [0.25, 0.3) is 0 Å². The maximum atomic E-state index is 12.5. The van der Waals surface area contributed by atoms with E-state index in [0.29, 0.717) is 11.6 Å². The van der Waals surface area contributed by atoms with Crippen molar-refractivity contribution >= 4 is 17.6 Å². The number of primary amides is 1. The molecule has 9 heteroatoms. The van der Waals surface area contributed by atoms with E-state index in [1.807, 2.05) is 0 Å². The molecule has 0 bridgehead atoms. The lowest BCUT2D eigenvalue weighted by Gasteiger charge is -2.34. The number of urea groups is 1. The van der Waals surface area contributed by atoms with Crippen LogP contribution in [0.15, 0.2) is 12.3 Å². The summed E-state index contributed by atoms with van der Waals surface area (Å²) in [6, 6.07) is 1.30. The first-order valence-corrected chi connectivity index (χ1v) is 9.76. The Hall–Kier alpha value is -2.39. The first-order valence-electron chi connectivity index (χ1n) is 9.76. The van der Waals surface area contributed by atoms with E-state index in [-0.39, 0.29) is 17.5 Å². The zero-order chi connectivity index (χ0) is 19.9. The van der Waals surface area contributed by atoms with Crippen LogP contribution in [0.2, 0.25) is 0 Å². The van der Waals surface area contributed by atoms with Gasteiger partial charge in [0.15, 0.2) is 0 Å². The highest BCUT2D eigenvalue weighted by atomic mass is 16.5. The number of rotatable bonds is 6. The smallest absolute Gasteiger partial charge is 0.321 e. The summed E-state index contributed by atoms with van der Waals surface area (Å²) in [5, 5.41) is 2.80. The second kappa shape index (κ2) is 9.70. The number of carbonyl (C=O) groups is 2. The average molecular weight is 391 g/mol. The summed E-state index contributed by atoms with van der Waals surface area (Å²) >= 11 is 0. The molecule has 3 heterocycles. The van der Waals surface area contributed by atoms with Gasteiger partial charge in [0, 0.05) is 26.2 Å². The van der Waals surface area contributed by atoms with Crippen LogP contribution in [-0.2, 0) is 4.74 Å². The Kier molecular flexibility index (Phi) is 7.05. The number of hydrogen-bond donors (Lipinski definition) is 2. The molecule has 0 spiro atoms. The third kappa shape index (κ3) is 5.32. The van der Waals surface area contributed by atoms with E-state index >= 15 is 0 Å². The Morgan fingerprint density at radius 3 is 2.64 bits per heavy atom. The van der Waals surface area contributed by atoms with Crippen LogP contribution in [0.3, 0.4) is 0 Å². The predicted molar refractivity (Wildman–Crippen MR) is 104 cm³/mol. The molecule has 3 rings (SSSR count). The molecule has 0 radical (unpaired) electrons. The van der Waals surface area contributed by atoms with Gasteiger partial charge in [-0.15, -0.1) is 0 Å². The molecule has 0 unspecified atom stereocenters. The molecular weight excluding hydrogens is 362 g/mol.